The van der Waals surface area contributed by atoms with E-state index in [4.69, 9.17) is 9.47 Å². The number of rotatable bonds is 10. The van der Waals surface area contributed by atoms with Crippen LogP contribution in [0.3, 0.4) is 0 Å². The number of ether oxygens (including phenoxy) is 2. The second kappa shape index (κ2) is 11.8. The Morgan fingerprint density at radius 1 is 0.426 bits per heavy atom. The first-order chi connectivity index (χ1) is 23.0. The van der Waals surface area contributed by atoms with E-state index in [2.05, 4.69) is 48.5 Å². The molecular weight excluding hydrogens is 588 g/mol. The van der Waals surface area contributed by atoms with Gasteiger partial charge in [0.25, 0.3) is 0 Å². The minimum Gasteiger partial charge on any atom is -0.461 e. The Bertz CT molecular complexity index is 2290. The minimum atomic E-state index is -0.361. The Balaban J connectivity index is 0.903. The monoisotopic (exact) mass is 620 g/mol. The van der Waals surface area contributed by atoms with Gasteiger partial charge in [0.05, 0.1) is 13.2 Å². The average molecular weight is 621 g/mol. The van der Waals surface area contributed by atoms with Gasteiger partial charge in [0, 0.05) is 12.8 Å². The van der Waals surface area contributed by atoms with Crippen molar-refractivity contribution in [1.29, 1.82) is 0 Å². The summed E-state index contributed by atoms with van der Waals surface area (Å²) in [5, 5.41) is 32.6. The number of hydrogen-bond donors (Lipinski definition) is 2. The Morgan fingerprint density at radius 2 is 0.723 bits per heavy atom. The van der Waals surface area contributed by atoms with Gasteiger partial charge < -0.3 is 19.7 Å². The second-order valence-corrected chi connectivity index (χ2v) is 12.2. The molecule has 2 N–H and O–H groups in total. The Hall–Kier alpha value is -5.30. The molecule has 0 amide bonds. The van der Waals surface area contributed by atoms with Crippen molar-refractivity contribution in [2.24, 2.45) is 0 Å². The fraction of sp³-hybridized carbons (Fsp3) is 0.171. The second-order valence-electron chi connectivity index (χ2n) is 12.2. The molecule has 0 aliphatic rings. The fourth-order valence-corrected chi connectivity index (χ4v) is 7.21. The number of carbonyl (C=O) groups is 2. The molecule has 8 aromatic carbocycles. The SMILES string of the molecule is O=C(CCCC(=O)OCc1ccc2ccc3c(CO)ccc4ccc1c2c43)OCc1ccc2ccc3c(CO)ccc4ccc1c2c43. The standard InChI is InChI=1S/C41H32O6/c42-20-28-8-4-24-14-18-34-30(10-6-26-12-16-32(28)38(24)40(26)34)22-46-36(44)2-1-3-37(45)47-23-31-11-7-27-13-17-33-29(21-43)9-5-25-15-19-35(31)41(27)39(25)33/h4-19,42-43H,1-3,20-23H2. The molecule has 0 saturated heterocycles. The number of esters is 2. The predicted molar refractivity (Wildman–Crippen MR) is 186 cm³/mol. The van der Waals surface area contributed by atoms with Crippen LogP contribution < -0.4 is 0 Å². The predicted octanol–water partition coefficient (Wildman–Crippen LogP) is 8.42. The molecule has 0 bridgehead atoms. The largest absolute Gasteiger partial charge is 0.461 e. The van der Waals surface area contributed by atoms with E-state index < -0.39 is 0 Å². The highest BCUT2D eigenvalue weighted by Gasteiger charge is 2.16. The van der Waals surface area contributed by atoms with Crippen LogP contribution in [0.2, 0.25) is 0 Å². The van der Waals surface area contributed by atoms with Crippen molar-refractivity contribution in [2.45, 2.75) is 45.7 Å². The molecule has 47 heavy (non-hydrogen) atoms. The maximum atomic E-state index is 12.7. The maximum Gasteiger partial charge on any atom is 0.306 e. The fourth-order valence-electron chi connectivity index (χ4n) is 7.21. The van der Waals surface area contributed by atoms with Crippen molar-refractivity contribution >= 4 is 76.6 Å². The maximum absolute atomic E-state index is 12.7. The third-order valence-corrected chi connectivity index (χ3v) is 9.57. The molecule has 0 fully saturated rings. The highest BCUT2D eigenvalue weighted by atomic mass is 16.5. The van der Waals surface area contributed by atoms with Crippen LogP contribution in [0, 0.1) is 0 Å². The Morgan fingerprint density at radius 3 is 1.06 bits per heavy atom. The van der Waals surface area contributed by atoms with Crippen LogP contribution in [0.1, 0.15) is 41.5 Å². The number of carbonyl (C=O) groups excluding carboxylic acids is 2. The van der Waals surface area contributed by atoms with E-state index in [0.717, 1.165) is 86.9 Å². The Labute approximate surface area is 270 Å². The van der Waals surface area contributed by atoms with Gasteiger partial charge >= 0.3 is 11.9 Å². The van der Waals surface area contributed by atoms with E-state index in [1.54, 1.807) is 0 Å². The van der Waals surface area contributed by atoms with Crippen molar-refractivity contribution in [1.82, 2.24) is 0 Å². The molecule has 0 aliphatic carbocycles. The number of benzene rings is 8. The summed E-state index contributed by atoms with van der Waals surface area (Å²) in [5.41, 5.74) is 3.59. The van der Waals surface area contributed by atoms with Crippen LogP contribution in [-0.2, 0) is 45.5 Å². The first-order valence-electron chi connectivity index (χ1n) is 15.9. The van der Waals surface area contributed by atoms with Crippen LogP contribution in [-0.4, -0.2) is 22.2 Å². The molecule has 0 spiro atoms. The lowest BCUT2D eigenvalue weighted by Crippen LogP contribution is -2.08. The smallest absolute Gasteiger partial charge is 0.306 e. The molecule has 8 aromatic rings. The van der Waals surface area contributed by atoms with Crippen LogP contribution in [0.15, 0.2) is 97.1 Å². The zero-order chi connectivity index (χ0) is 32.1. The van der Waals surface area contributed by atoms with Gasteiger partial charge in [0.2, 0.25) is 0 Å². The van der Waals surface area contributed by atoms with Gasteiger partial charge in [-0.1, -0.05) is 97.1 Å². The van der Waals surface area contributed by atoms with Gasteiger partial charge in [-0.15, -0.1) is 0 Å². The number of aliphatic hydroxyl groups is 2. The number of hydrogen-bond acceptors (Lipinski definition) is 6. The van der Waals surface area contributed by atoms with E-state index in [9.17, 15) is 19.8 Å². The third-order valence-electron chi connectivity index (χ3n) is 9.57. The highest BCUT2D eigenvalue weighted by molar-refractivity contribution is 6.25. The van der Waals surface area contributed by atoms with E-state index in [1.165, 1.54) is 0 Å². The van der Waals surface area contributed by atoms with Crippen molar-refractivity contribution in [2.75, 3.05) is 0 Å². The highest BCUT2D eigenvalue weighted by Crippen LogP contribution is 2.39. The topological polar surface area (TPSA) is 93.1 Å². The van der Waals surface area contributed by atoms with Gasteiger partial charge in [0.15, 0.2) is 0 Å². The molecule has 0 aliphatic heterocycles. The summed E-state index contributed by atoms with van der Waals surface area (Å²) in [6, 6.07) is 32.6. The first kappa shape index (κ1) is 29.1. The Kier molecular flexibility index (Phi) is 7.32. The zero-order valence-corrected chi connectivity index (χ0v) is 25.7. The normalized spacial score (nSPS) is 12.0. The van der Waals surface area contributed by atoms with E-state index in [-0.39, 0.29) is 51.2 Å². The van der Waals surface area contributed by atoms with E-state index in [1.807, 2.05) is 48.5 Å². The molecule has 0 radical (unpaired) electrons. The number of aliphatic hydroxyl groups excluding tert-OH is 2. The molecule has 0 saturated carbocycles. The van der Waals surface area contributed by atoms with Crippen LogP contribution in [0.5, 0.6) is 0 Å². The molecule has 0 unspecified atom stereocenters. The molecule has 0 heterocycles. The summed E-state index contributed by atoms with van der Waals surface area (Å²) < 4.78 is 11.3. The van der Waals surface area contributed by atoms with Gasteiger partial charge in [-0.2, -0.15) is 0 Å². The molecular formula is C41H32O6. The average Bonchev–Trinajstić information content (AvgIpc) is 3.11. The summed E-state index contributed by atoms with van der Waals surface area (Å²) in [5.74, 6) is -0.722. The van der Waals surface area contributed by atoms with Gasteiger partial charge in [-0.25, -0.2) is 0 Å². The molecule has 6 nitrogen and oxygen atoms in total. The summed E-state index contributed by atoms with van der Waals surface area (Å²) in [4.78, 5) is 25.3. The van der Waals surface area contributed by atoms with Crippen LogP contribution in [0.4, 0.5) is 0 Å². The summed E-state index contributed by atoms with van der Waals surface area (Å²) in [6.07, 6.45) is 0.571. The lowest BCUT2D eigenvalue weighted by atomic mass is 9.90. The zero-order valence-electron chi connectivity index (χ0n) is 25.7. The van der Waals surface area contributed by atoms with E-state index in [0.29, 0.717) is 6.42 Å². The van der Waals surface area contributed by atoms with Crippen molar-refractivity contribution in [3.63, 3.8) is 0 Å². The molecule has 8 rings (SSSR count). The van der Waals surface area contributed by atoms with Crippen molar-refractivity contribution in [3.8, 4) is 0 Å². The van der Waals surface area contributed by atoms with E-state index >= 15 is 0 Å². The summed E-state index contributed by atoms with van der Waals surface area (Å²) in [7, 11) is 0. The van der Waals surface area contributed by atoms with Crippen molar-refractivity contribution < 1.29 is 29.3 Å². The third kappa shape index (κ3) is 4.97. The van der Waals surface area contributed by atoms with Gasteiger partial charge in [-0.05, 0) is 93.3 Å². The van der Waals surface area contributed by atoms with Gasteiger partial charge in [0.1, 0.15) is 13.2 Å². The minimum absolute atomic E-state index is 0.0288. The summed E-state index contributed by atoms with van der Waals surface area (Å²) >= 11 is 0. The molecule has 232 valence electrons. The molecule has 0 aromatic heterocycles. The lowest BCUT2D eigenvalue weighted by molar-refractivity contribution is -0.146. The van der Waals surface area contributed by atoms with Crippen LogP contribution >= 0.6 is 0 Å². The molecule has 0 atom stereocenters. The van der Waals surface area contributed by atoms with Crippen LogP contribution in [0.25, 0.3) is 64.6 Å². The van der Waals surface area contributed by atoms with Crippen molar-refractivity contribution in [3.05, 3.63) is 119 Å². The first-order valence-corrected chi connectivity index (χ1v) is 15.9. The quantitative estimate of drug-likeness (QED) is 0.118. The molecule has 6 heteroatoms. The van der Waals surface area contributed by atoms with Gasteiger partial charge in [-0.3, -0.25) is 9.59 Å². The summed E-state index contributed by atoms with van der Waals surface area (Å²) in [6.45, 7) is 0.218. The lowest BCUT2D eigenvalue weighted by Gasteiger charge is -2.16.